The van der Waals surface area contributed by atoms with E-state index in [9.17, 15) is 9.59 Å². The molecule has 4 N–H and O–H groups in total. The molecule has 0 atom stereocenters. The van der Waals surface area contributed by atoms with Crippen molar-refractivity contribution in [2.24, 2.45) is 11.5 Å². The molecule has 0 saturated carbocycles. The van der Waals surface area contributed by atoms with E-state index in [-0.39, 0.29) is 18.2 Å². The molecule has 2 aromatic carbocycles. The van der Waals surface area contributed by atoms with E-state index in [0.717, 1.165) is 36.2 Å². The van der Waals surface area contributed by atoms with Crippen molar-refractivity contribution in [3.63, 3.8) is 0 Å². The van der Waals surface area contributed by atoms with Gasteiger partial charge in [0.1, 0.15) is 0 Å². The molecular weight excluding hydrogens is 376 g/mol. The van der Waals surface area contributed by atoms with Crippen molar-refractivity contribution < 1.29 is 9.59 Å². The Bertz CT molecular complexity index is 1040. The van der Waals surface area contributed by atoms with E-state index in [2.05, 4.69) is 48.0 Å². The topological polar surface area (TPSA) is 94.3 Å². The molecule has 0 aliphatic heterocycles. The molecule has 30 heavy (non-hydrogen) atoms. The minimum atomic E-state index is -0.322. The lowest BCUT2D eigenvalue weighted by Crippen LogP contribution is -2.14. The Labute approximate surface area is 177 Å². The highest BCUT2D eigenvalue weighted by molar-refractivity contribution is 5.85. The Morgan fingerprint density at radius 3 is 2.20 bits per heavy atom. The van der Waals surface area contributed by atoms with Gasteiger partial charge in [-0.3, -0.25) is 9.59 Å². The molecule has 3 aromatic rings. The van der Waals surface area contributed by atoms with E-state index in [1.54, 1.807) is 0 Å². The summed E-state index contributed by atoms with van der Waals surface area (Å²) in [4.78, 5) is 24.4. The molecule has 2 amide bonds. The highest BCUT2D eigenvalue weighted by Gasteiger charge is 2.11. The van der Waals surface area contributed by atoms with Gasteiger partial charge < -0.3 is 20.9 Å². The molecule has 0 spiro atoms. The number of carbonyl (C=O) groups excluding carboxylic acids is 2. The zero-order chi connectivity index (χ0) is 21.7. The highest BCUT2D eigenvalue weighted by atomic mass is 16.1. The molecule has 0 bridgehead atoms. The summed E-state index contributed by atoms with van der Waals surface area (Å²) in [5, 5.41) is 1.23. The first kappa shape index (κ1) is 21.6. The minimum absolute atomic E-state index is 0.259. The number of rotatable bonds is 10. The molecule has 3 rings (SSSR count). The second kappa shape index (κ2) is 9.59. The molecule has 158 valence electrons. The summed E-state index contributed by atoms with van der Waals surface area (Å²) >= 11 is 0. The number of fused-ring (bicyclic) bond motifs is 1. The van der Waals surface area contributed by atoms with Crippen LogP contribution in [0.4, 0.5) is 0 Å². The van der Waals surface area contributed by atoms with Crippen LogP contribution in [-0.2, 0) is 35.4 Å². The second-order valence-electron chi connectivity index (χ2n) is 8.11. The van der Waals surface area contributed by atoms with Crippen LogP contribution in [0.25, 0.3) is 10.9 Å². The van der Waals surface area contributed by atoms with Gasteiger partial charge in [-0.05, 0) is 61.3 Å². The largest absolute Gasteiger partial charge is 0.370 e. The van der Waals surface area contributed by atoms with Crippen molar-refractivity contribution in [1.82, 2.24) is 9.47 Å². The lowest BCUT2D eigenvalue weighted by Gasteiger charge is -2.08. The lowest BCUT2D eigenvalue weighted by molar-refractivity contribution is -0.118. The van der Waals surface area contributed by atoms with Crippen molar-refractivity contribution in [3.8, 4) is 0 Å². The van der Waals surface area contributed by atoms with Crippen LogP contribution < -0.4 is 11.5 Å². The van der Waals surface area contributed by atoms with Gasteiger partial charge in [-0.15, -0.1) is 0 Å². The van der Waals surface area contributed by atoms with Gasteiger partial charge in [0.2, 0.25) is 11.8 Å². The minimum Gasteiger partial charge on any atom is -0.370 e. The van der Waals surface area contributed by atoms with Gasteiger partial charge in [-0.2, -0.15) is 0 Å². The number of likely N-dealkylation sites (N-methyl/N-ethyl adjacent to an activating group) is 1. The molecule has 0 aliphatic carbocycles. The summed E-state index contributed by atoms with van der Waals surface area (Å²) in [6.45, 7) is 1.71. The van der Waals surface area contributed by atoms with Crippen molar-refractivity contribution in [2.75, 3.05) is 20.6 Å². The van der Waals surface area contributed by atoms with E-state index >= 15 is 0 Å². The highest BCUT2D eigenvalue weighted by Crippen LogP contribution is 2.25. The molecule has 6 nitrogen and oxygen atoms in total. The van der Waals surface area contributed by atoms with Crippen LogP contribution in [0, 0.1) is 0 Å². The van der Waals surface area contributed by atoms with Gasteiger partial charge in [0.25, 0.3) is 0 Å². The Morgan fingerprint density at radius 1 is 0.900 bits per heavy atom. The molecule has 1 heterocycles. The Hall–Kier alpha value is -3.12. The first-order valence-electron chi connectivity index (χ1n) is 10.2. The average Bonchev–Trinajstić information content (AvgIpc) is 3.02. The van der Waals surface area contributed by atoms with E-state index in [1.165, 1.54) is 16.5 Å². The van der Waals surface area contributed by atoms with Crippen LogP contribution in [0.3, 0.4) is 0 Å². The Morgan fingerprint density at radius 2 is 1.57 bits per heavy atom. The van der Waals surface area contributed by atoms with E-state index < -0.39 is 0 Å². The third-order valence-electron chi connectivity index (χ3n) is 5.27. The fraction of sp³-hybridized carbons (Fsp3) is 0.333. The first-order valence-corrected chi connectivity index (χ1v) is 10.2. The lowest BCUT2D eigenvalue weighted by atomic mass is 10.0. The van der Waals surface area contributed by atoms with Crippen LogP contribution in [0.5, 0.6) is 0 Å². The molecule has 0 radical (unpaired) electrons. The third kappa shape index (κ3) is 5.70. The zero-order valence-electron chi connectivity index (χ0n) is 17.7. The molecule has 1 aromatic heterocycles. The number of benzene rings is 2. The molecule has 0 aliphatic rings. The predicted molar refractivity (Wildman–Crippen MR) is 120 cm³/mol. The smallest absolute Gasteiger partial charge is 0.221 e. The van der Waals surface area contributed by atoms with Crippen molar-refractivity contribution >= 4 is 22.7 Å². The number of amides is 2. The van der Waals surface area contributed by atoms with E-state index in [1.807, 2.05) is 24.3 Å². The van der Waals surface area contributed by atoms with Crippen LogP contribution in [0.2, 0.25) is 0 Å². The van der Waals surface area contributed by atoms with Crippen LogP contribution in [0.1, 0.15) is 28.7 Å². The average molecular weight is 407 g/mol. The van der Waals surface area contributed by atoms with Gasteiger partial charge in [0.15, 0.2) is 0 Å². The van der Waals surface area contributed by atoms with Gasteiger partial charge in [0, 0.05) is 36.6 Å². The maximum atomic E-state index is 11.2. The van der Waals surface area contributed by atoms with Crippen molar-refractivity contribution in [1.29, 1.82) is 0 Å². The number of hydrogen-bond acceptors (Lipinski definition) is 3. The van der Waals surface area contributed by atoms with Gasteiger partial charge in [-0.25, -0.2) is 0 Å². The standard InChI is InChI=1S/C24H30N4O2/c1-27(2)12-11-20-16-28(15-19-5-3-18(4-6-19)14-24(26)30)22-9-7-17(13-21(20)22)8-10-23(25)29/h3-7,9,13,16H,8,10-12,14-15H2,1-2H3,(H2,25,29)(H2,26,30). The predicted octanol–water partition coefficient (Wildman–Crippen LogP) is 2.24. The van der Waals surface area contributed by atoms with Gasteiger partial charge in [0.05, 0.1) is 6.42 Å². The summed E-state index contributed by atoms with van der Waals surface area (Å²) in [7, 11) is 4.15. The summed E-state index contributed by atoms with van der Waals surface area (Å²) in [5.41, 5.74) is 16.3. The van der Waals surface area contributed by atoms with Gasteiger partial charge in [-0.1, -0.05) is 30.3 Å². The fourth-order valence-corrected chi connectivity index (χ4v) is 3.68. The van der Waals surface area contributed by atoms with Crippen LogP contribution in [-0.4, -0.2) is 41.9 Å². The maximum absolute atomic E-state index is 11.2. The zero-order valence-corrected chi connectivity index (χ0v) is 17.7. The summed E-state index contributed by atoms with van der Waals surface area (Å²) < 4.78 is 2.27. The normalized spacial score (nSPS) is 11.3. The molecule has 0 fully saturated rings. The van der Waals surface area contributed by atoms with Gasteiger partial charge >= 0.3 is 0 Å². The summed E-state index contributed by atoms with van der Waals surface area (Å²) in [6.07, 6.45) is 4.45. The molecule has 6 heteroatoms. The van der Waals surface area contributed by atoms with Crippen LogP contribution >= 0.6 is 0 Å². The monoisotopic (exact) mass is 406 g/mol. The number of primary amides is 2. The third-order valence-corrected chi connectivity index (χ3v) is 5.27. The molecule has 0 unspecified atom stereocenters. The number of nitrogens with zero attached hydrogens (tertiary/aromatic N) is 2. The van der Waals surface area contributed by atoms with Crippen molar-refractivity contribution in [3.05, 3.63) is 70.9 Å². The quantitative estimate of drug-likeness (QED) is 0.541. The first-order chi connectivity index (χ1) is 14.3. The number of carbonyl (C=O) groups is 2. The number of nitrogens with two attached hydrogens (primary N) is 2. The van der Waals surface area contributed by atoms with E-state index in [4.69, 9.17) is 11.5 Å². The second-order valence-corrected chi connectivity index (χ2v) is 8.11. The Balaban J connectivity index is 1.89. The summed E-state index contributed by atoms with van der Waals surface area (Å²) in [6, 6.07) is 14.4. The SMILES string of the molecule is CN(C)CCc1cn(Cc2ccc(CC(N)=O)cc2)c2ccc(CCC(N)=O)cc12. The maximum Gasteiger partial charge on any atom is 0.221 e. The number of aromatic nitrogens is 1. The van der Waals surface area contributed by atoms with Crippen molar-refractivity contribution in [2.45, 2.75) is 32.2 Å². The molecular formula is C24H30N4O2. The van der Waals surface area contributed by atoms with E-state index in [0.29, 0.717) is 12.8 Å². The Kier molecular flexibility index (Phi) is 6.90. The number of hydrogen-bond donors (Lipinski definition) is 2. The molecule has 0 saturated heterocycles. The number of aryl methyl sites for hydroxylation is 1. The fourth-order valence-electron chi connectivity index (χ4n) is 3.68. The van der Waals surface area contributed by atoms with Crippen LogP contribution in [0.15, 0.2) is 48.7 Å². The summed E-state index contributed by atoms with van der Waals surface area (Å²) in [5.74, 6) is -0.600.